The molecule has 0 N–H and O–H groups in total. The van der Waals surface area contributed by atoms with Gasteiger partial charge in [-0.1, -0.05) is 0 Å². The summed E-state index contributed by atoms with van der Waals surface area (Å²) in [6.07, 6.45) is 0. The number of ether oxygens (including phenoxy) is 1. The van der Waals surface area contributed by atoms with Crippen LogP contribution in [0.25, 0.3) is 0 Å². The lowest BCUT2D eigenvalue weighted by molar-refractivity contribution is 0.0524. The summed E-state index contributed by atoms with van der Waals surface area (Å²) in [5.41, 5.74) is 0.283. The molecule has 0 aliphatic rings. The molecule has 76 valence electrons. The van der Waals surface area contributed by atoms with Crippen LogP contribution in [0.4, 0.5) is 4.39 Å². The van der Waals surface area contributed by atoms with Gasteiger partial charge in [0.1, 0.15) is 5.82 Å². The van der Waals surface area contributed by atoms with Gasteiger partial charge in [0.2, 0.25) is 0 Å². The van der Waals surface area contributed by atoms with Gasteiger partial charge in [0.15, 0.2) is 0 Å². The van der Waals surface area contributed by atoms with Crippen LogP contribution in [0.2, 0.25) is 0 Å². The lowest BCUT2D eigenvalue weighted by atomic mass is 10.2. The molecule has 0 aliphatic carbocycles. The molecule has 0 amide bonds. The van der Waals surface area contributed by atoms with Crippen LogP contribution >= 0.6 is 45.2 Å². The fourth-order valence-electron chi connectivity index (χ4n) is 0.888. The molecule has 0 bridgehead atoms. The molecule has 14 heavy (non-hydrogen) atoms. The Morgan fingerprint density at radius 2 is 2.07 bits per heavy atom. The van der Waals surface area contributed by atoms with Gasteiger partial charge in [0.25, 0.3) is 0 Å². The molecule has 1 rings (SSSR count). The Hall–Kier alpha value is 0.0800. The number of carbonyl (C=O) groups is 1. The number of hydrogen-bond donors (Lipinski definition) is 0. The minimum atomic E-state index is -0.479. The maximum absolute atomic E-state index is 13.1. The van der Waals surface area contributed by atoms with Gasteiger partial charge in [-0.25, -0.2) is 9.18 Å². The maximum atomic E-state index is 13.1. The molecular weight excluding hydrogens is 413 g/mol. The zero-order chi connectivity index (χ0) is 10.7. The average Bonchev–Trinajstić information content (AvgIpc) is 2.11. The maximum Gasteiger partial charge on any atom is 0.339 e. The predicted octanol–water partition coefficient (Wildman–Crippen LogP) is 3.21. The van der Waals surface area contributed by atoms with Gasteiger partial charge in [0.05, 0.1) is 12.2 Å². The van der Waals surface area contributed by atoms with Crippen LogP contribution in [-0.4, -0.2) is 12.6 Å². The summed E-state index contributed by atoms with van der Waals surface area (Å²) in [7, 11) is 0. The van der Waals surface area contributed by atoms with Crippen LogP contribution in [0.1, 0.15) is 17.3 Å². The molecule has 5 heteroatoms. The summed E-state index contributed by atoms with van der Waals surface area (Å²) in [5.74, 6) is -0.874. The van der Waals surface area contributed by atoms with E-state index >= 15 is 0 Å². The molecule has 0 spiro atoms. The molecule has 2 nitrogen and oxygen atoms in total. The van der Waals surface area contributed by atoms with Crippen molar-refractivity contribution < 1.29 is 13.9 Å². The largest absolute Gasteiger partial charge is 0.462 e. The Balaban J connectivity index is 3.09. The fourth-order valence-corrected chi connectivity index (χ4v) is 2.64. The number of hydrogen-bond acceptors (Lipinski definition) is 2. The van der Waals surface area contributed by atoms with Gasteiger partial charge < -0.3 is 4.74 Å². The second kappa shape index (κ2) is 5.24. The van der Waals surface area contributed by atoms with Crippen molar-refractivity contribution in [3.05, 3.63) is 30.7 Å². The van der Waals surface area contributed by atoms with E-state index < -0.39 is 11.8 Å². The Bertz CT molecular complexity index is 366. The topological polar surface area (TPSA) is 26.3 Å². The minimum absolute atomic E-state index is 0.283. The van der Waals surface area contributed by atoms with Crippen molar-refractivity contribution >= 4 is 51.2 Å². The number of halogens is 3. The molecule has 0 saturated heterocycles. The van der Waals surface area contributed by atoms with Gasteiger partial charge in [-0.15, -0.1) is 0 Å². The third-order valence-electron chi connectivity index (χ3n) is 1.51. The molecule has 0 heterocycles. The van der Waals surface area contributed by atoms with Crippen molar-refractivity contribution in [2.24, 2.45) is 0 Å². The lowest BCUT2D eigenvalue weighted by Gasteiger charge is -2.05. The second-order valence-corrected chi connectivity index (χ2v) is 4.79. The molecule has 0 unspecified atom stereocenters. The number of rotatable bonds is 2. The third kappa shape index (κ3) is 2.78. The first-order valence-corrected chi connectivity index (χ1v) is 6.03. The highest BCUT2D eigenvalue weighted by Gasteiger charge is 2.13. The van der Waals surface area contributed by atoms with Crippen molar-refractivity contribution in [3.8, 4) is 0 Å². The molecule has 0 saturated carbocycles. The summed E-state index contributed by atoms with van der Waals surface area (Å²) < 4.78 is 19.1. The Morgan fingerprint density at radius 3 is 2.64 bits per heavy atom. The SMILES string of the molecule is CCOC(=O)c1cc(F)c(I)cc1I. The van der Waals surface area contributed by atoms with E-state index in [1.807, 2.05) is 45.2 Å². The molecular formula is C9H7FI2O2. The van der Waals surface area contributed by atoms with Gasteiger partial charge >= 0.3 is 5.97 Å². The molecule has 0 atom stereocenters. The second-order valence-electron chi connectivity index (χ2n) is 2.47. The van der Waals surface area contributed by atoms with Crippen LogP contribution in [-0.2, 0) is 4.74 Å². The van der Waals surface area contributed by atoms with Crippen molar-refractivity contribution in [1.29, 1.82) is 0 Å². The number of benzene rings is 1. The molecule has 1 aromatic rings. The first kappa shape index (κ1) is 12.2. The summed E-state index contributed by atoms with van der Waals surface area (Å²) in [6.45, 7) is 2.01. The van der Waals surface area contributed by atoms with E-state index in [1.54, 1.807) is 13.0 Å². The zero-order valence-corrected chi connectivity index (χ0v) is 11.6. The van der Waals surface area contributed by atoms with E-state index in [1.165, 1.54) is 6.07 Å². The van der Waals surface area contributed by atoms with Gasteiger partial charge in [-0.2, -0.15) is 0 Å². The van der Waals surface area contributed by atoms with Crippen molar-refractivity contribution in [3.63, 3.8) is 0 Å². The highest BCUT2D eigenvalue weighted by Crippen LogP contribution is 2.20. The van der Waals surface area contributed by atoms with Crippen LogP contribution < -0.4 is 0 Å². The van der Waals surface area contributed by atoms with Crippen molar-refractivity contribution in [2.45, 2.75) is 6.92 Å². The number of esters is 1. The van der Waals surface area contributed by atoms with E-state index in [2.05, 4.69) is 0 Å². The average molecular weight is 420 g/mol. The summed E-state index contributed by atoms with van der Waals surface area (Å²) in [6, 6.07) is 2.82. The lowest BCUT2D eigenvalue weighted by Crippen LogP contribution is -2.07. The van der Waals surface area contributed by atoms with Gasteiger partial charge in [-0.3, -0.25) is 0 Å². The Kier molecular flexibility index (Phi) is 4.55. The van der Waals surface area contributed by atoms with E-state index in [0.717, 1.165) is 0 Å². The molecule has 0 aromatic heterocycles. The van der Waals surface area contributed by atoms with Crippen LogP contribution in [0.15, 0.2) is 12.1 Å². The molecule has 0 radical (unpaired) electrons. The first-order chi connectivity index (χ1) is 6.56. The number of carbonyl (C=O) groups excluding carboxylic acids is 1. The Morgan fingerprint density at radius 1 is 1.43 bits per heavy atom. The minimum Gasteiger partial charge on any atom is -0.462 e. The van der Waals surface area contributed by atoms with Crippen LogP contribution in [0.5, 0.6) is 0 Å². The normalized spacial score (nSPS) is 10.0. The highest BCUT2D eigenvalue weighted by atomic mass is 127. The summed E-state index contributed by atoms with van der Waals surface area (Å²) in [4.78, 5) is 11.3. The molecule has 0 fully saturated rings. The quantitative estimate of drug-likeness (QED) is 0.418. The standard InChI is InChI=1S/C9H7FI2O2/c1-2-14-9(13)5-3-6(10)8(12)4-7(5)11/h3-4H,2H2,1H3. The summed E-state index contributed by atoms with van der Waals surface area (Å²) >= 11 is 3.86. The van der Waals surface area contributed by atoms with Crippen LogP contribution in [0, 0.1) is 13.0 Å². The fraction of sp³-hybridized carbons (Fsp3) is 0.222. The van der Waals surface area contributed by atoms with Crippen molar-refractivity contribution in [2.75, 3.05) is 6.61 Å². The predicted molar refractivity (Wildman–Crippen MR) is 67.8 cm³/mol. The van der Waals surface area contributed by atoms with E-state index in [0.29, 0.717) is 13.7 Å². The third-order valence-corrected chi connectivity index (χ3v) is 3.22. The smallest absolute Gasteiger partial charge is 0.339 e. The van der Waals surface area contributed by atoms with Gasteiger partial charge in [-0.05, 0) is 64.2 Å². The van der Waals surface area contributed by atoms with Crippen LogP contribution in [0.3, 0.4) is 0 Å². The highest BCUT2D eigenvalue weighted by molar-refractivity contribution is 14.1. The zero-order valence-electron chi connectivity index (χ0n) is 7.31. The molecule has 1 aromatic carbocycles. The first-order valence-electron chi connectivity index (χ1n) is 3.88. The summed E-state index contributed by atoms with van der Waals surface area (Å²) in [5, 5.41) is 0. The van der Waals surface area contributed by atoms with E-state index in [-0.39, 0.29) is 5.56 Å². The van der Waals surface area contributed by atoms with Gasteiger partial charge in [0, 0.05) is 7.14 Å². The monoisotopic (exact) mass is 420 g/mol. The van der Waals surface area contributed by atoms with E-state index in [4.69, 9.17) is 4.74 Å². The van der Waals surface area contributed by atoms with Crippen molar-refractivity contribution in [1.82, 2.24) is 0 Å². The molecule has 0 aliphatic heterocycles. The Labute approximate surface area is 108 Å². The van der Waals surface area contributed by atoms with E-state index in [9.17, 15) is 9.18 Å².